The third-order valence-corrected chi connectivity index (χ3v) is 6.76. The van der Waals surface area contributed by atoms with Gasteiger partial charge in [-0.3, -0.25) is 14.3 Å². The molecule has 1 aliphatic heterocycles. The van der Waals surface area contributed by atoms with Crippen LogP contribution in [0, 0.1) is 0 Å². The molecule has 0 radical (unpaired) electrons. The highest BCUT2D eigenvalue weighted by atomic mass is 32.2. The first-order valence-corrected chi connectivity index (χ1v) is 10.7. The lowest BCUT2D eigenvalue weighted by molar-refractivity contribution is 0.0931. The Morgan fingerprint density at radius 1 is 1.34 bits per heavy atom. The number of primary amides is 1. The lowest BCUT2D eigenvalue weighted by Crippen LogP contribution is -2.27. The summed E-state index contributed by atoms with van der Waals surface area (Å²) in [5.41, 5.74) is 9.11. The number of amides is 2. The molecule has 0 unspecified atom stereocenters. The van der Waals surface area contributed by atoms with Crippen molar-refractivity contribution in [1.29, 1.82) is 0 Å². The van der Waals surface area contributed by atoms with Crippen molar-refractivity contribution in [2.24, 2.45) is 5.73 Å². The Hall–Kier alpha value is -2.40. The van der Waals surface area contributed by atoms with Gasteiger partial charge < -0.3 is 20.5 Å². The molecule has 4 rings (SSSR count). The number of methoxy groups -OCH3 is 1. The summed E-state index contributed by atoms with van der Waals surface area (Å²) in [5.74, 6) is -0.231. The average molecular weight is 433 g/mol. The van der Waals surface area contributed by atoms with Crippen LogP contribution in [0.5, 0.6) is 10.8 Å². The molecule has 0 atom stereocenters. The van der Waals surface area contributed by atoms with Crippen molar-refractivity contribution >= 4 is 40.0 Å². The summed E-state index contributed by atoms with van der Waals surface area (Å²) >= 11 is 2.82. The zero-order valence-electron chi connectivity index (χ0n) is 15.7. The maximum absolute atomic E-state index is 12.0. The van der Waals surface area contributed by atoms with Crippen molar-refractivity contribution in [3.8, 4) is 10.8 Å². The van der Waals surface area contributed by atoms with Crippen molar-refractivity contribution in [1.82, 2.24) is 15.0 Å². The standard InChI is InChI=1S/C19H20N4O4S2/c1-26-7-6-21-18(25)13-5-3-11(9-22-13)27-19-14-12(16(28-19)17(20)24)4-2-10-8-23-29-15(10)14/h3,5,9,23H,2,4,6-8H2,1H3,(H2,20,24)(H,21,25). The van der Waals surface area contributed by atoms with E-state index in [-0.39, 0.29) is 5.91 Å². The lowest BCUT2D eigenvalue weighted by Gasteiger charge is -2.16. The zero-order valence-corrected chi connectivity index (χ0v) is 17.4. The number of rotatable bonds is 7. The molecule has 1 aliphatic carbocycles. The van der Waals surface area contributed by atoms with E-state index in [1.54, 1.807) is 31.2 Å². The van der Waals surface area contributed by atoms with Crippen LogP contribution in [0.3, 0.4) is 0 Å². The van der Waals surface area contributed by atoms with E-state index in [0.717, 1.165) is 35.4 Å². The van der Waals surface area contributed by atoms with Gasteiger partial charge in [0.05, 0.1) is 17.7 Å². The summed E-state index contributed by atoms with van der Waals surface area (Å²) in [6, 6.07) is 3.29. The number of pyridine rings is 1. The lowest BCUT2D eigenvalue weighted by atomic mass is 9.93. The van der Waals surface area contributed by atoms with E-state index in [2.05, 4.69) is 15.0 Å². The number of aromatic nitrogens is 1. The summed E-state index contributed by atoms with van der Waals surface area (Å²) in [6.07, 6.45) is 3.18. The number of nitrogens with one attached hydrogen (secondary N) is 2. The summed E-state index contributed by atoms with van der Waals surface area (Å²) in [5, 5.41) is 3.34. The first-order valence-electron chi connectivity index (χ1n) is 9.07. The van der Waals surface area contributed by atoms with Crippen molar-refractivity contribution < 1.29 is 19.1 Å². The molecule has 10 heteroatoms. The number of carbonyl (C=O) groups excluding carboxylic acids is 2. The van der Waals surface area contributed by atoms with Gasteiger partial charge in [0.25, 0.3) is 11.8 Å². The van der Waals surface area contributed by atoms with Crippen molar-refractivity contribution in [3.63, 3.8) is 0 Å². The van der Waals surface area contributed by atoms with Crippen LogP contribution in [0.1, 0.15) is 37.7 Å². The topological polar surface area (TPSA) is 116 Å². The molecule has 8 nitrogen and oxygen atoms in total. The maximum Gasteiger partial charge on any atom is 0.269 e. The van der Waals surface area contributed by atoms with E-state index in [1.165, 1.54) is 23.1 Å². The second-order valence-corrected chi connectivity index (χ2v) is 8.41. The minimum atomic E-state index is -0.442. The summed E-state index contributed by atoms with van der Waals surface area (Å²) in [7, 11) is 1.57. The van der Waals surface area contributed by atoms with Gasteiger partial charge in [-0.15, -0.1) is 0 Å². The molecule has 2 amide bonds. The van der Waals surface area contributed by atoms with E-state index in [9.17, 15) is 9.59 Å². The molecule has 29 heavy (non-hydrogen) atoms. The quantitative estimate of drug-likeness (QED) is 0.454. The van der Waals surface area contributed by atoms with Crippen LogP contribution < -0.4 is 20.5 Å². The van der Waals surface area contributed by atoms with Crippen LogP contribution in [-0.4, -0.2) is 43.6 Å². The molecule has 2 aliphatic rings. The molecular weight excluding hydrogens is 412 g/mol. The van der Waals surface area contributed by atoms with Gasteiger partial charge in [-0.1, -0.05) is 11.3 Å². The average Bonchev–Trinajstić information content (AvgIpc) is 3.33. The van der Waals surface area contributed by atoms with Gasteiger partial charge >= 0.3 is 0 Å². The summed E-state index contributed by atoms with van der Waals surface area (Å²) < 4.78 is 14.3. The molecule has 0 fully saturated rings. The summed E-state index contributed by atoms with van der Waals surface area (Å²) in [4.78, 5) is 29.8. The molecule has 2 aromatic rings. The number of hydrogen-bond acceptors (Lipinski definition) is 8. The fraction of sp³-hybridized carbons (Fsp3) is 0.316. The SMILES string of the molecule is COCCNC(=O)c1ccc(Oc2sc(C(N)=O)c3c2C2=C(CC3)CNS2)cn1. The minimum Gasteiger partial charge on any atom is -0.444 e. The van der Waals surface area contributed by atoms with E-state index >= 15 is 0 Å². The van der Waals surface area contributed by atoms with E-state index in [0.29, 0.717) is 34.5 Å². The molecule has 0 bridgehead atoms. The third-order valence-electron chi connectivity index (χ3n) is 4.65. The van der Waals surface area contributed by atoms with Gasteiger partial charge in [-0.2, -0.15) is 0 Å². The molecule has 0 spiro atoms. The predicted molar refractivity (Wildman–Crippen MR) is 112 cm³/mol. The first kappa shape index (κ1) is 19.9. The van der Waals surface area contributed by atoms with Crippen LogP contribution >= 0.6 is 23.3 Å². The smallest absolute Gasteiger partial charge is 0.269 e. The Bertz CT molecular complexity index is 985. The van der Waals surface area contributed by atoms with Crippen molar-refractivity contribution in [2.75, 3.05) is 26.8 Å². The number of nitrogens with two attached hydrogens (primary N) is 1. The van der Waals surface area contributed by atoms with Gasteiger partial charge in [-0.25, -0.2) is 4.98 Å². The predicted octanol–water partition coefficient (Wildman–Crippen LogP) is 2.32. The monoisotopic (exact) mass is 432 g/mol. The number of hydrogen-bond donors (Lipinski definition) is 3. The normalized spacial score (nSPS) is 15.1. The van der Waals surface area contributed by atoms with Crippen molar-refractivity contribution in [3.05, 3.63) is 45.6 Å². The fourth-order valence-corrected chi connectivity index (χ4v) is 5.44. The molecule has 4 N–H and O–H groups in total. The number of fused-ring (bicyclic) bond motifs is 2. The second kappa shape index (κ2) is 8.54. The van der Waals surface area contributed by atoms with Gasteiger partial charge in [0.1, 0.15) is 11.4 Å². The highest BCUT2D eigenvalue weighted by molar-refractivity contribution is 8.06. The van der Waals surface area contributed by atoms with Crippen LogP contribution in [0.2, 0.25) is 0 Å². The van der Waals surface area contributed by atoms with Gasteiger partial charge in [0, 0.05) is 30.7 Å². The Kier molecular flexibility index (Phi) is 5.86. The Labute approximate surface area is 176 Å². The van der Waals surface area contributed by atoms with E-state index in [4.69, 9.17) is 15.2 Å². The van der Waals surface area contributed by atoms with E-state index < -0.39 is 5.91 Å². The molecule has 2 aromatic heterocycles. The number of carbonyl (C=O) groups is 2. The Morgan fingerprint density at radius 3 is 2.93 bits per heavy atom. The first-order chi connectivity index (χ1) is 14.1. The molecular formula is C19H20N4O4S2. The molecule has 0 saturated carbocycles. The second-order valence-electron chi connectivity index (χ2n) is 6.52. The summed E-state index contributed by atoms with van der Waals surface area (Å²) in [6.45, 7) is 1.67. The van der Waals surface area contributed by atoms with Gasteiger partial charge in [-0.05, 0) is 48.1 Å². The van der Waals surface area contributed by atoms with Gasteiger partial charge in [0.2, 0.25) is 0 Å². The fourth-order valence-electron chi connectivity index (χ4n) is 3.27. The Morgan fingerprint density at radius 2 is 2.21 bits per heavy atom. The number of ether oxygens (including phenoxy) is 2. The molecule has 3 heterocycles. The number of thiophene rings is 1. The van der Waals surface area contributed by atoms with Gasteiger partial charge in [0.15, 0.2) is 5.06 Å². The molecule has 0 saturated heterocycles. The highest BCUT2D eigenvalue weighted by Gasteiger charge is 2.32. The van der Waals surface area contributed by atoms with Crippen LogP contribution in [0.15, 0.2) is 23.9 Å². The third kappa shape index (κ3) is 4.01. The zero-order chi connectivity index (χ0) is 20.4. The van der Waals surface area contributed by atoms with Crippen LogP contribution in [0.25, 0.3) is 4.91 Å². The molecule has 0 aromatic carbocycles. The molecule has 152 valence electrons. The largest absolute Gasteiger partial charge is 0.444 e. The minimum absolute atomic E-state index is 0.277. The van der Waals surface area contributed by atoms with Crippen LogP contribution in [0.4, 0.5) is 0 Å². The number of nitrogens with zero attached hydrogens (tertiary/aromatic N) is 1. The Balaban J connectivity index is 1.57. The van der Waals surface area contributed by atoms with E-state index in [1.807, 2.05) is 0 Å². The van der Waals surface area contributed by atoms with Crippen molar-refractivity contribution in [2.45, 2.75) is 12.8 Å². The highest BCUT2D eigenvalue weighted by Crippen LogP contribution is 2.51. The maximum atomic E-state index is 12.0. The van der Waals surface area contributed by atoms with Crippen LogP contribution in [-0.2, 0) is 11.2 Å².